The number of carboxylic acid groups (broad SMARTS) is 1. The fraction of sp³-hybridized carbons (Fsp3) is 0.571. The maximum absolute atomic E-state index is 11.8. The molecule has 7 heteroatoms. The number of thiophene rings is 1. The fourth-order valence-corrected chi connectivity index (χ4v) is 4.07. The second-order valence-electron chi connectivity index (χ2n) is 5.28. The number of urea groups is 1. The van der Waals surface area contributed by atoms with E-state index in [9.17, 15) is 14.7 Å². The molecule has 0 saturated heterocycles. The molecule has 1 saturated carbocycles. The molecular weight excluding hydrogens is 356 g/mol. The van der Waals surface area contributed by atoms with Crippen LogP contribution in [0.4, 0.5) is 4.79 Å². The van der Waals surface area contributed by atoms with Gasteiger partial charge in [0.25, 0.3) is 0 Å². The van der Waals surface area contributed by atoms with Crippen LogP contribution in [0.3, 0.4) is 0 Å². The number of hydrogen-bond donors (Lipinski definition) is 3. The molecular formula is C14H19BrN2O3S. The topological polar surface area (TPSA) is 78.4 Å². The lowest BCUT2D eigenvalue weighted by Crippen LogP contribution is -2.41. The van der Waals surface area contributed by atoms with Crippen LogP contribution in [0.25, 0.3) is 0 Å². The SMILES string of the molecule is O=C(NCc1cc(Br)cs1)NCC1CCCCC1C(=O)O. The molecule has 2 amide bonds. The first-order valence-corrected chi connectivity index (χ1v) is 8.71. The van der Waals surface area contributed by atoms with Gasteiger partial charge in [0, 0.05) is 21.3 Å². The Labute approximate surface area is 136 Å². The van der Waals surface area contributed by atoms with Crippen LogP contribution in [0, 0.1) is 11.8 Å². The lowest BCUT2D eigenvalue weighted by atomic mass is 9.79. The van der Waals surface area contributed by atoms with Crippen LogP contribution in [0.2, 0.25) is 0 Å². The minimum absolute atomic E-state index is 0.0397. The summed E-state index contributed by atoms with van der Waals surface area (Å²) in [6.45, 7) is 0.909. The number of nitrogens with one attached hydrogen (secondary N) is 2. The zero-order chi connectivity index (χ0) is 15.2. The van der Waals surface area contributed by atoms with Crippen molar-refractivity contribution in [1.82, 2.24) is 10.6 Å². The molecule has 0 aliphatic heterocycles. The predicted octanol–water partition coefficient (Wildman–Crippen LogP) is 3.20. The van der Waals surface area contributed by atoms with Crippen molar-refractivity contribution in [3.05, 3.63) is 20.8 Å². The summed E-state index contributed by atoms with van der Waals surface area (Å²) in [6, 6.07) is 1.72. The van der Waals surface area contributed by atoms with E-state index >= 15 is 0 Å². The molecule has 2 unspecified atom stereocenters. The number of halogens is 1. The van der Waals surface area contributed by atoms with Crippen molar-refractivity contribution in [3.63, 3.8) is 0 Å². The van der Waals surface area contributed by atoms with Crippen LogP contribution in [-0.4, -0.2) is 23.7 Å². The average molecular weight is 375 g/mol. The van der Waals surface area contributed by atoms with E-state index in [0.717, 1.165) is 28.6 Å². The third-order valence-corrected chi connectivity index (χ3v) is 5.49. The van der Waals surface area contributed by atoms with Gasteiger partial charge in [0.2, 0.25) is 0 Å². The molecule has 1 aromatic rings. The molecule has 2 atom stereocenters. The summed E-state index contributed by atoms with van der Waals surface area (Å²) in [5, 5.41) is 16.7. The Hall–Kier alpha value is -1.08. The largest absolute Gasteiger partial charge is 0.481 e. The molecule has 3 N–H and O–H groups in total. The normalized spacial score (nSPS) is 21.8. The molecule has 116 valence electrons. The summed E-state index contributed by atoms with van der Waals surface area (Å²) in [6.07, 6.45) is 3.59. The quantitative estimate of drug-likeness (QED) is 0.740. The summed E-state index contributed by atoms with van der Waals surface area (Å²) < 4.78 is 1.01. The third-order valence-electron chi connectivity index (χ3n) is 3.80. The van der Waals surface area contributed by atoms with Gasteiger partial charge in [-0.1, -0.05) is 12.8 Å². The molecule has 5 nitrogen and oxygen atoms in total. The van der Waals surface area contributed by atoms with E-state index in [4.69, 9.17) is 0 Å². The maximum atomic E-state index is 11.8. The van der Waals surface area contributed by atoms with E-state index in [-0.39, 0.29) is 17.9 Å². The van der Waals surface area contributed by atoms with Crippen LogP contribution in [0.5, 0.6) is 0 Å². The summed E-state index contributed by atoms with van der Waals surface area (Å²) >= 11 is 4.94. The molecule has 1 aromatic heterocycles. The highest BCUT2D eigenvalue weighted by atomic mass is 79.9. The van der Waals surface area contributed by atoms with Crippen LogP contribution in [-0.2, 0) is 11.3 Å². The van der Waals surface area contributed by atoms with E-state index < -0.39 is 5.97 Å². The lowest BCUT2D eigenvalue weighted by molar-refractivity contribution is -0.144. The summed E-state index contributed by atoms with van der Waals surface area (Å²) in [7, 11) is 0. The van der Waals surface area contributed by atoms with Crippen LogP contribution >= 0.6 is 27.3 Å². The second-order valence-corrected chi connectivity index (χ2v) is 7.20. The summed E-state index contributed by atoms with van der Waals surface area (Å²) in [5.41, 5.74) is 0. The molecule has 0 radical (unpaired) electrons. The van der Waals surface area contributed by atoms with E-state index in [0.29, 0.717) is 19.5 Å². The van der Waals surface area contributed by atoms with Crippen LogP contribution in [0.15, 0.2) is 15.9 Å². The van der Waals surface area contributed by atoms with Crippen molar-refractivity contribution >= 4 is 39.3 Å². The van der Waals surface area contributed by atoms with Crippen molar-refractivity contribution in [3.8, 4) is 0 Å². The molecule has 0 bridgehead atoms. The van der Waals surface area contributed by atoms with Crippen molar-refractivity contribution in [2.45, 2.75) is 32.2 Å². The van der Waals surface area contributed by atoms with Gasteiger partial charge in [0.05, 0.1) is 12.5 Å². The lowest BCUT2D eigenvalue weighted by Gasteiger charge is -2.28. The van der Waals surface area contributed by atoms with Gasteiger partial charge in [-0.15, -0.1) is 11.3 Å². The smallest absolute Gasteiger partial charge is 0.315 e. The first-order chi connectivity index (χ1) is 10.1. The highest BCUT2D eigenvalue weighted by molar-refractivity contribution is 9.10. The van der Waals surface area contributed by atoms with E-state index in [1.54, 1.807) is 11.3 Å². The number of carbonyl (C=O) groups is 2. The predicted molar refractivity (Wildman–Crippen MR) is 85.3 cm³/mol. The van der Waals surface area contributed by atoms with Gasteiger partial charge < -0.3 is 15.7 Å². The van der Waals surface area contributed by atoms with Gasteiger partial charge in [-0.25, -0.2) is 4.79 Å². The number of amides is 2. The Morgan fingerprint density at radius 2 is 2.10 bits per heavy atom. The number of aliphatic carboxylic acids is 1. The molecule has 21 heavy (non-hydrogen) atoms. The van der Waals surface area contributed by atoms with Gasteiger partial charge in [0.1, 0.15) is 0 Å². The molecule has 1 heterocycles. The first-order valence-electron chi connectivity index (χ1n) is 7.03. The Morgan fingerprint density at radius 1 is 1.33 bits per heavy atom. The Bertz CT molecular complexity index is 506. The van der Waals surface area contributed by atoms with Gasteiger partial charge in [-0.3, -0.25) is 4.79 Å². The van der Waals surface area contributed by atoms with E-state index in [1.807, 2.05) is 11.4 Å². The highest BCUT2D eigenvalue weighted by Gasteiger charge is 2.30. The number of hydrogen-bond acceptors (Lipinski definition) is 3. The minimum atomic E-state index is -0.745. The molecule has 1 fully saturated rings. The zero-order valence-electron chi connectivity index (χ0n) is 11.6. The second kappa shape index (κ2) is 7.79. The first kappa shape index (κ1) is 16.3. The molecule has 1 aliphatic carbocycles. The van der Waals surface area contributed by atoms with Crippen molar-refractivity contribution in [1.29, 1.82) is 0 Å². The highest BCUT2D eigenvalue weighted by Crippen LogP contribution is 2.29. The van der Waals surface area contributed by atoms with E-state index in [2.05, 4.69) is 26.6 Å². The van der Waals surface area contributed by atoms with Gasteiger partial charge in [0.15, 0.2) is 0 Å². The van der Waals surface area contributed by atoms with Crippen molar-refractivity contribution in [2.24, 2.45) is 11.8 Å². The van der Waals surface area contributed by atoms with Gasteiger partial charge in [-0.2, -0.15) is 0 Å². The maximum Gasteiger partial charge on any atom is 0.315 e. The van der Waals surface area contributed by atoms with Crippen molar-refractivity contribution < 1.29 is 14.7 Å². The zero-order valence-corrected chi connectivity index (χ0v) is 14.0. The monoisotopic (exact) mass is 374 g/mol. The van der Waals surface area contributed by atoms with Gasteiger partial charge in [-0.05, 0) is 40.8 Å². The Balaban J connectivity index is 1.73. The number of carbonyl (C=O) groups excluding carboxylic acids is 1. The average Bonchev–Trinajstić information content (AvgIpc) is 2.88. The molecule has 1 aliphatic rings. The Kier molecular flexibility index (Phi) is 6.05. The number of carboxylic acids is 1. The third kappa shape index (κ3) is 5.00. The number of rotatable bonds is 5. The van der Waals surface area contributed by atoms with Crippen molar-refractivity contribution in [2.75, 3.05) is 6.54 Å². The molecule has 0 aromatic carbocycles. The van der Waals surface area contributed by atoms with Crippen LogP contribution < -0.4 is 10.6 Å². The van der Waals surface area contributed by atoms with E-state index in [1.165, 1.54) is 0 Å². The minimum Gasteiger partial charge on any atom is -0.481 e. The Morgan fingerprint density at radius 3 is 2.76 bits per heavy atom. The standard InChI is InChI=1S/C14H19BrN2O3S/c15-10-5-11(21-8-10)7-17-14(20)16-6-9-3-1-2-4-12(9)13(18)19/h5,8-9,12H,1-4,6-7H2,(H,18,19)(H2,16,17,20). The molecule has 2 rings (SSSR count). The summed E-state index contributed by atoms with van der Waals surface area (Å²) in [5.74, 6) is -1.03. The van der Waals surface area contributed by atoms with Crippen LogP contribution in [0.1, 0.15) is 30.6 Å². The molecule has 0 spiro atoms. The fourth-order valence-electron chi connectivity index (χ4n) is 2.68. The van der Waals surface area contributed by atoms with Gasteiger partial charge >= 0.3 is 12.0 Å². The summed E-state index contributed by atoms with van der Waals surface area (Å²) in [4.78, 5) is 24.0.